The minimum Gasteiger partial charge on any atom is -0.383 e. The van der Waals surface area contributed by atoms with E-state index in [0.29, 0.717) is 5.92 Å². The number of anilines is 3. The molecular formula is C20H21N5. The molecule has 1 atom stereocenters. The normalized spacial score (nSPS) is 15.6. The molecule has 5 nitrogen and oxygen atoms in total. The molecule has 0 saturated carbocycles. The molecule has 0 spiro atoms. The number of rotatable bonds is 5. The fourth-order valence-corrected chi connectivity index (χ4v) is 3.44. The van der Waals surface area contributed by atoms with Gasteiger partial charge < -0.3 is 10.2 Å². The SMILES string of the molecule is CN(c1ccc2c(c1)CC[C@H]2CNc1cccnc1)c1ccncn1. The summed E-state index contributed by atoms with van der Waals surface area (Å²) in [5, 5.41) is 3.50. The van der Waals surface area contributed by atoms with Gasteiger partial charge in [-0.2, -0.15) is 0 Å². The van der Waals surface area contributed by atoms with Crippen molar-refractivity contribution in [3.63, 3.8) is 0 Å². The highest BCUT2D eigenvalue weighted by molar-refractivity contribution is 5.61. The van der Waals surface area contributed by atoms with Gasteiger partial charge in [-0.3, -0.25) is 4.98 Å². The summed E-state index contributed by atoms with van der Waals surface area (Å²) in [5.74, 6) is 1.45. The van der Waals surface area contributed by atoms with Crippen molar-refractivity contribution in [3.8, 4) is 0 Å². The molecule has 0 bridgehead atoms. The molecule has 3 aromatic rings. The van der Waals surface area contributed by atoms with Gasteiger partial charge in [-0.25, -0.2) is 9.97 Å². The molecule has 0 aliphatic heterocycles. The standard InChI is InChI=1S/C20H21N5/c1-25(20-8-10-22-14-24-20)18-6-7-19-15(11-18)4-5-16(19)12-23-17-3-2-9-21-13-17/h2-3,6-11,13-14,16,23H,4-5,12H2,1H3/t16-/m0/s1. The molecule has 126 valence electrons. The topological polar surface area (TPSA) is 53.9 Å². The van der Waals surface area contributed by atoms with Gasteiger partial charge in [0.25, 0.3) is 0 Å². The average molecular weight is 331 g/mol. The van der Waals surface area contributed by atoms with Gasteiger partial charge in [0.05, 0.1) is 5.69 Å². The van der Waals surface area contributed by atoms with Gasteiger partial charge >= 0.3 is 0 Å². The molecule has 2 heterocycles. The largest absolute Gasteiger partial charge is 0.383 e. The number of hydrogen-bond donors (Lipinski definition) is 1. The van der Waals surface area contributed by atoms with Gasteiger partial charge in [0.2, 0.25) is 0 Å². The van der Waals surface area contributed by atoms with Crippen LogP contribution in [0.1, 0.15) is 23.5 Å². The van der Waals surface area contributed by atoms with Crippen molar-refractivity contribution >= 4 is 17.2 Å². The zero-order valence-electron chi connectivity index (χ0n) is 14.3. The van der Waals surface area contributed by atoms with E-state index in [1.807, 2.05) is 25.4 Å². The van der Waals surface area contributed by atoms with E-state index < -0.39 is 0 Å². The van der Waals surface area contributed by atoms with Crippen molar-refractivity contribution < 1.29 is 0 Å². The molecule has 0 unspecified atom stereocenters. The molecular weight excluding hydrogens is 310 g/mol. The monoisotopic (exact) mass is 331 g/mol. The average Bonchev–Trinajstić information content (AvgIpc) is 3.09. The first-order valence-electron chi connectivity index (χ1n) is 8.58. The third kappa shape index (κ3) is 3.31. The first-order chi connectivity index (χ1) is 12.3. The summed E-state index contributed by atoms with van der Waals surface area (Å²) in [6.45, 7) is 0.944. The summed E-state index contributed by atoms with van der Waals surface area (Å²) in [5.41, 5.74) is 5.14. The van der Waals surface area contributed by atoms with Gasteiger partial charge in [-0.1, -0.05) is 6.07 Å². The fraction of sp³-hybridized carbons (Fsp3) is 0.250. The van der Waals surface area contributed by atoms with E-state index >= 15 is 0 Å². The van der Waals surface area contributed by atoms with Gasteiger partial charge in [0.15, 0.2) is 0 Å². The molecule has 1 N–H and O–H groups in total. The maximum atomic E-state index is 4.33. The van der Waals surface area contributed by atoms with Crippen LogP contribution in [0.15, 0.2) is 61.3 Å². The minimum atomic E-state index is 0.550. The number of nitrogens with one attached hydrogen (secondary N) is 1. The highest BCUT2D eigenvalue weighted by Gasteiger charge is 2.23. The van der Waals surface area contributed by atoms with Crippen molar-refractivity contribution in [2.75, 3.05) is 23.8 Å². The van der Waals surface area contributed by atoms with Crippen molar-refractivity contribution in [1.82, 2.24) is 15.0 Å². The zero-order chi connectivity index (χ0) is 17.1. The lowest BCUT2D eigenvalue weighted by Gasteiger charge is -2.20. The number of aromatic nitrogens is 3. The van der Waals surface area contributed by atoms with Crippen LogP contribution in [0.2, 0.25) is 0 Å². The first-order valence-corrected chi connectivity index (χ1v) is 8.58. The zero-order valence-corrected chi connectivity index (χ0v) is 14.3. The number of fused-ring (bicyclic) bond motifs is 1. The number of aryl methyl sites for hydroxylation is 1. The second-order valence-electron chi connectivity index (χ2n) is 6.37. The van der Waals surface area contributed by atoms with Crippen molar-refractivity contribution in [2.45, 2.75) is 18.8 Å². The Kier molecular flexibility index (Phi) is 4.29. The summed E-state index contributed by atoms with van der Waals surface area (Å²) in [4.78, 5) is 14.6. The number of benzene rings is 1. The number of pyridine rings is 1. The van der Waals surface area contributed by atoms with Crippen molar-refractivity contribution in [1.29, 1.82) is 0 Å². The van der Waals surface area contributed by atoms with E-state index in [9.17, 15) is 0 Å². The Morgan fingerprint density at radius 1 is 1.16 bits per heavy atom. The first kappa shape index (κ1) is 15.6. The Labute approximate surface area is 147 Å². The van der Waals surface area contributed by atoms with Gasteiger partial charge in [0, 0.05) is 43.8 Å². The molecule has 1 aliphatic rings. The summed E-state index contributed by atoms with van der Waals surface area (Å²) < 4.78 is 0. The van der Waals surface area contributed by atoms with Crippen LogP contribution >= 0.6 is 0 Å². The Morgan fingerprint density at radius 3 is 2.92 bits per heavy atom. The molecule has 5 heteroatoms. The summed E-state index contributed by atoms with van der Waals surface area (Å²) in [6.07, 6.45) is 9.33. The van der Waals surface area contributed by atoms with Gasteiger partial charge in [-0.05, 0) is 54.3 Å². The molecule has 2 aromatic heterocycles. The van der Waals surface area contributed by atoms with Crippen LogP contribution in [-0.4, -0.2) is 28.5 Å². The Morgan fingerprint density at radius 2 is 2.12 bits per heavy atom. The van der Waals surface area contributed by atoms with E-state index in [-0.39, 0.29) is 0 Å². The molecule has 25 heavy (non-hydrogen) atoms. The van der Waals surface area contributed by atoms with Crippen LogP contribution in [0.3, 0.4) is 0 Å². The molecule has 0 amide bonds. The Balaban J connectivity index is 1.49. The van der Waals surface area contributed by atoms with E-state index in [2.05, 4.69) is 49.4 Å². The minimum absolute atomic E-state index is 0.550. The van der Waals surface area contributed by atoms with Gasteiger partial charge in [0.1, 0.15) is 12.1 Å². The lowest BCUT2D eigenvalue weighted by molar-refractivity contribution is 0.709. The second-order valence-corrected chi connectivity index (χ2v) is 6.37. The highest BCUT2D eigenvalue weighted by atomic mass is 15.2. The fourth-order valence-electron chi connectivity index (χ4n) is 3.44. The Hall–Kier alpha value is -2.95. The van der Waals surface area contributed by atoms with Gasteiger partial charge in [-0.15, -0.1) is 0 Å². The second kappa shape index (κ2) is 6.89. The predicted molar refractivity (Wildman–Crippen MR) is 100 cm³/mol. The summed E-state index contributed by atoms with van der Waals surface area (Å²) in [6, 6.07) is 12.7. The van der Waals surface area contributed by atoms with Crippen LogP contribution in [0.25, 0.3) is 0 Å². The molecule has 1 aromatic carbocycles. The third-order valence-corrected chi connectivity index (χ3v) is 4.84. The van der Waals surface area contributed by atoms with Crippen LogP contribution in [-0.2, 0) is 6.42 Å². The third-order valence-electron chi connectivity index (χ3n) is 4.84. The molecule has 0 radical (unpaired) electrons. The molecule has 0 saturated heterocycles. The lowest BCUT2D eigenvalue weighted by atomic mass is 10.0. The van der Waals surface area contributed by atoms with E-state index in [4.69, 9.17) is 0 Å². The van der Waals surface area contributed by atoms with E-state index in [1.54, 1.807) is 18.7 Å². The lowest BCUT2D eigenvalue weighted by Crippen LogP contribution is -2.12. The van der Waals surface area contributed by atoms with Crippen molar-refractivity contribution in [3.05, 3.63) is 72.4 Å². The van der Waals surface area contributed by atoms with E-state index in [1.165, 1.54) is 23.2 Å². The van der Waals surface area contributed by atoms with Crippen LogP contribution in [0.5, 0.6) is 0 Å². The maximum absolute atomic E-state index is 4.33. The summed E-state index contributed by atoms with van der Waals surface area (Å²) in [7, 11) is 2.04. The summed E-state index contributed by atoms with van der Waals surface area (Å²) >= 11 is 0. The quantitative estimate of drug-likeness (QED) is 0.771. The smallest absolute Gasteiger partial charge is 0.136 e. The molecule has 4 rings (SSSR count). The maximum Gasteiger partial charge on any atom is 0.136 e. The van der Waals surface area contributed by atoms with E-state index in [0.717, 1.165) is 24.5 Å². The van der Waals surface area contributed by atoms with Crippen molar-refractivity contribution in [2.24, 2.45) is 0 Å². The molecule has 1 aliphatic carbocycles. The highest BCUT2D eigenvalue weighted by Crippen LogP contribution is 2.36. The number of nitrogens with zero attached hydrogens (tertiary/aromatic N) is 4. The van der Waals surface area contributed by atoms with Crippen LogP contribution in [0.4, 0.5) is 17.2 Å². The van der Waals surface area contributed by atoms with Crippen LogP contribution < -0.4 is 10.2 Å². The predicted octanol–water partition coefficient (Wildman–Crippen LogP) is 3.78. The number of hydrogen-bond acceptors (Lipinski definition) is 5. The van der Waals surface area contributed by atoms with Crippen LogP contribution in [0, 0.1) is 0 Å². The Bertz CT molecular complexity index is 835. The molecule has 0 fully saturated rings.